The van der Waals surface area contributed by atoms with Gasteiger partial charge in [-0.1, -0.05) is 24.3 Å². The van der Waals surface area contributed by atoms with Crippen molar-refractivity contribution in [3.05, 3.63) is 70.3 Å². The van der Waals surface area contributed by atoms with Crippen molar-refractivity contribution in [3.63, 3.8) is 0 Å². The molecule has 0 atom stereocenters. The maximum atomic E-state index is 11.0. The standard InChI is InChI=1S/C20H22N4O3/c1-27-20-11-5-4-10-19(20)22-13-15-23(16-14-22)21-12-6-8-17-7-2-3-9-18(17)24(25)26/h2-12H,13-16H2,1H3/b8-6+,21-12?. The van der Waals surface area contributed by atoms with E-state index >= 15 is 0 Å². The van der Waals surface area contributed by atoms with Gasteiger partial charge >= 0.3 is 0 Å². The molecule has 0 N–H and O–H groups in total. The smallest absolute Gasteiger partial charge is 0.276 e. The van der Waals surface area contributed by atoms with E-state index in [9.17, 15) is 10.1 Å². The number of piperazine rings is 1. The van der Waals surface area contributed by atoms with E-state index in [2.05, 4.69) is 16.1 Å². The number of hydrogen-bond donors (Lipinski definition) is 0. The van der Waals surface area contributed by atoms with Crippen LogP contribution in [0.2, 0.25) is 0 Å². The second-order valence-corrected chi connectivity index (χ2v) is 6.05. The molecule has 3 rings (SSSR count). The van der Waals surface area contributed by atoms with Crippen LogP contribution < -0.4 is 9.64 Å². The highest BCUT2D eigenvalue weighted by Crippen LogP contribution is 2.28. The van der Waals surface area contributed by atoms with Crippen molar-refractivity contribution in [2.24, 2.45) is 5.10 Å². The first-order valence-corrected chi connectivity index (χ1v) is 8.76. The summed E-state index contributed by atoms with van der Waals surface area (Å²) in [5.74, 6) is 0.877. The van der Waals surface area contributed by atoms with Crippen molar-refractivity contribution in [1.29, 1.82) is 0 Å². The Bertz CT molecular complexity index is 843. The zero-order valence-electron chi connectivity index (χ0n) is 15.2. The zero-order valence-corrected chi connectivity index (χ0v) is 15.2. The number of allylic oxidation sites excluding steroid dienone is 1. The first-order chi connectivity index (χ1) is 13.2. The monoisotopic (exact) mass is 366 g/mol. The number of rotatable bonds is 6. The largest absolute Gasteiger partial charge is 0.495 e. The number of nitrogens with zero attached hydrogens (tertiary/aromatic N) is 4. The third-order valence-corrected chi connectivity index (χ3v) is 4.41. The predicted molar refractivity (Wildman–Crippen MR) is 107 cm³/mol. The summed E-state index contributed by atoms with van der Waals surface area (Å²) >= 11 is 0. The SMILES string of the molecule is COc1ccccc1N1CCN(N=C/C=C/c2ccccc2[N+](=O)[O-])CC1. The average molecular weight is 366 g/mol. The molecule has 1 aliphatic rings. The number of anilines is 1. The molecule has 1 saturated heterocycles. The van der Waals surface area contributed by atoms with Crippen LogP contribution in [0.25, 0.3) is 6.08 Å². The molecule has 2 aromatic rings. The number of benzene rings is 2. The number of ether oxygens (including phenoxy) is 1. The van der Waals surface area contributed by atoms with E-state index in [1.54, 1.807) is 43.7 Å². The minimum atomic E-state index is -0.381. The molecular formula is C20H22N4O3. The quantitative estimate of drug-likeness (QED) is 0.445. The van der Waals surface area contributed by atoms with Gasteiger partial charge in [-0.15, -0.1) is 0 Å². The van der Waals surface area contributed by atoms with Crippen LogP contribution in [0.1, 0.15) is 5.56 Å². The maximum Gasteiger partial charge on any atom is 0.276 e. The van der Waals surface area contributed by atoms with Gasteiger partial charge in [0.1, 0.15) is 5.75 Å². The Balaban J connectivity index is 1.56. The molecule has 0 aliphatic carbocycles. The number of nitro benzene ring substituents is 1. The van der Waals surface area contributed by atoms with Crippen LogP contribution in [-0.2, 0) is 0 Å². The lowest BCUT2D eigenvalue weighted by Gasteiger charge is -2.35. The van der Waals surface area contributed by atoms with Gasteiger partial charge < -0.3 is 9.64 Å². The lowest BCUT2D eigenvalue weighted by atomic mass is 10.1. The minimum Gasteiger partial charge on any atom is -0.495 e. The fourth-order valence-electron chi connectivity index (χ4n) is 3.02. The lowest BCUT2D eigenvalue weighted by molar-refractivity contribution is -0.385. The number of para-hydroxylation sites is 3. The molecule has 27 heavy (non-hydrogen) atoms. The molecule has 7 heteroatoms. The Labute approximate surface area is 158 Å². The average Bonchev–Trinajstić information content (AvgIpc) is 2.72. The molecule has 2 aromatic carbocycles. The first-order valence-electron chi connectivity index (χ1n) is 8.76. The van der Waals surface area contributed by atoms with Crippen molar-refractivity contribution in [3.8, 4) is 5.75 Å². The first kappa shape index (κ1) is 18.4. The highest BCUT2D eigenvalue weighted by molar-refractivity contribution is 5.79. The zero-order chi connectivity index (χ0) is 19.1. The highest BCUT2D eigenvalue weighted by atomic mass is 16.6. The fraction of sp³-hybridized carbons (Fsp3) is 0.250. The third kappa shape index (κ3) is 4.63. The van der Waals surface area contributed by atoms with Crippen LogP contribution in [-0.4, -0.2) is 49.4 Å². The topological polar surface area (TPSA) is 71.2 Å². The Morgan fingerprint density at radius 1 is 1.07 bits per heavy atom. The van der Waals surface area contributed by atoms with E-state index in [0.717, 1.165) is 37.6 Å². The van der Waals surface area contributed by atoms with Crippen LogP contribution >= 0.6 is 0 Å². The van der Waals surface area contributed by atoms with Crippen LogP contribution in [0.4, 0.5) is 11.4 Å². The Morgan fingerprint density at radius 2 is 1.78 bits per heavy atom. The van der Waals surface area contributed by atoms with Gasteiger partial charge in [0.15, 0.2) is 0 Å². The molecule has 0 spiro atoms. The molecule has 1 aliphatic heterocycles. The van der Waals surface area contributed by atoms with E-state index in [1.807, 2.05) is 23.2 Å². The van der Waals surface area contributed by atoms with Gasteiger partial charge in [0, 0.05) is 25.4 Å². The molecule has 1 fully saturated rings. The van der Waals surface area contributed by atoms with E-state index in [1.165, 1.54) is 6.07 Å². The van der Waals surface area contributed by atoms with Crippen LogP contribution in [0.3, 0.4) is 0 Å². The summed E-state index contributed by atoms with van der Waals surface area (Å²) in [6, 6.07) is 14.6. The lowest BCUT2D eigenvalue weighted by Crippen LogP contribution is -2.44. The summed E-state index contributed by atoms with van der Waals surface area (Å²) in [7, 11) is 1.68. The van der Waals surface area contributed by atoms with Gasteiger partial charge in [-0.25, -0.2) is 0 Å². The Hall–Kier alpha value is -3.35. The van der Waals surface area contributed by atoms with Gasteiger partial charge in [-0.05, 0) is 30.4 Å². The summed E-state index contributed by atoms with van der Waals surface area (Å²) in [6.07, 6.45) is 5.11. The molecule has 1 heterocycles. The van der Waals surface area contributed by atoms with Gasteiger partial charge in [0.25, 0.3) is 5.69 Å². The van der Waals surface area contributed by atoms with E-state index < -0.39 is 0 Å². The molecule has 0 bridgehead atoms. The van der Waals surface area contributed by atoms with E-state index in [-0.39, 0.29) is 10.6 Å². The van der Waals surface area contributed by atoms with Crippen molar-refractivity contribution in [1.82, 2.24) is 5.01 Å². The molecular weight excluding hydrogens is 344 g/mol. The maximum absolute atomic E-state index is 11.0. The number of hydrazone groups is 1. The summed E-state index contributed by atoms with van der Waals surface area (Å²) in [5.41, 5.74) is 1.75. The number of hydrogen-bond acceptors (Lipinski definition) is 6. The Morgan fingerprint density at radius 3 is 2.52 bits per heavy atom. The molecule has 0 radical (unpaired) electrons. The van der Waals surface area contributed by atoms with Crippen molar-refractivity contribution < 1.29 is 9.66 Å². The summed E-state index contributed by atoms with van der Waals surface area (Å²) in [6.45, 7) is 3.30. The second kappa shape index (κ2) is 8.84. The molecule has 140 valence electrons. The van der Waals surface area contributed by atoms with Crippen molar-refractivity contribution >= 4 is 23.7 Å². The third-order valence-electron chi connectivity index (χ3n) is 4.41. The van der Waals surface area contributed by atoms with Crippen molar-refractivity contribution in [2.45, 2.75) is 0 Å². The van der Waals surface area contributed by atoms with Crippen LogP contribution in [0, 0.1) is 10.1 Å². The molecule has 0 unspecified atom stereocenters. The Kier molecular flexibility index (Phi) is 6.04. The summed E-state index contributed by atoms with van der Waals surface area (Å²) < 4.78 is 5.43. The van der Waals surface area contributed by atoms with Gasteiger partial charge in [-0.2, -0.15) is 5.10 Å². The molecule has 0 saturated carbocycles. The van der Waals surface area contributed by atoms with E-state index in [0.29, 0.717) is 5.56 Å². The molecule has 0 amide bonds. The fourth-order valence-corrected chi connectivity index (χ4v) is 3.02. The number of nitro groups is 1. The predicted octanol–water partition coefficient (Wildman–Crippen LogP) is 3.42. The van der Waals surface area contributed by atoms with Crippen LogP contribution in [0.15, 0.2) is 59.7 Å². The second-order valence-electron chi connectivity index (χ2n) is 6.05. The normalized spacial score (nSPS) is 14.9. The molecule has 0 aromatic heterocycles. The highest BCUT2D eigenvalue weighted by Gasteiger charge is 2.18. The van der Waals surface area contributed by atoms with Gasteiger partial charge in [0.2, 0.25) is 0 Å². The van der Waals surface area contributed by atoms with E-state index in [4.69, 9.17) is 4.74 Å². The summed E-state index contributed by atoms with van der Waals surface area (Å²) in [5, 5.41) is 17.4. The van der Waals surface area contributed by atoms with Gasteiger partial charge in [0.05, 0.1) is 36.4 Å². The van der Waals surface area contributed by atoms with Crippen molar-refractivity contribution in [2.75, 3.05) is 38.2 Å². The minimum absolute atomic E-state index is 0.0903. The van der Waals surface area contributed by atoms with Gasteiger partial charge in [-0.3, -0.25) is 15.1 Å². The molecule has 7 nitrogen and oxygen atoms in total. The summed E-state index contributed by atoms with van der Waals surface area (Å²) in [4.78, 5) is 12.9. The van der Waals surface area contributed by atoms with Crippen LogP contribution in [0.5, 0.6) is 5.75 Å². The number of methoxy groups -OCH3 is 1.